The van der Waals surface area contributed by atoms with Crippen molar-refractivity contribution < 1.29 is 0 Å². The monoisotopic (exact) mass is 339 g/mol. The maximum absolute atomic E-state index is 4.47. The predicted octanol–water partition coefficient (Wildman–Crippen LogP) is 5.15. The van der Waals surface area contributed by atoms with Crippen LogP contribution in [0.1, 0.15) is 24.1 Å². The van der Waals surface area contributed by atoms with E-state index >= 15 is 0 Å². The molecule has 0 aliphatic heterocycles. The van der Waals surface area contributed by atoms with Crippen LogP contribution in [0.2, 0.25) is 0 Å². The van der Waals surface area contributed by atoms with Gasteiger partial charge in [-0.2, -0.15) is 0 Å². The zero-order valence-electron chi connectivity index (χ0n) is 14.8. The van der Waals surface area contributed by atoms with Gasteiger partial charge in [0.05, 0.1) is 5.69 Å². The summed E-state index contributed by atoms with van der Waals surface area (Å²) in [4.78, 5) is 8.65. The van der Waals surface area contributed by atoms with Crippen molar-refractivity contribution >= 4 is 10.8 Å². The lowest BCUT2D eigenvalue weighted by atomic mass is 9.99. The molecule has 128 valence electrons. The third-order valence-electron chi connectivity index (χ3n) is 4.68. The standard InChI is InChI=1S/C23H21N3/c1-17(21-10-4-7-19-6-2-3-9-22(19)21)26-15-18-11-13-25-23(14-18)20-8-5-12-24-16-20/h2-14,16-17,26H,15H2,1H3/t17-/m1/s1. The second-order valence-electron chi connectivity index (χ2n) is 6.46. The summed E-state index contributed by atoms with van der Waals surface area (Å²) in [5.41, 5.74) is 4.53. The van der Waals surface area contributed by atoms with E-state index in [9.17, 15) is 0 Å². The summed E-state index contributed by atoms with van der Waals surface area (Å²) in [6, 6.07) is 23.4. The normalized spacial score (nSPS) is 12.2. The molecule has 0 unspecified atom stereocenters. The van der Waals surface area contributed by atoms with Crippen molar-refractivity contribution in [2.24, 2.45) is 0 Å². The van der Waals surface area contributed by atoms with Crippen LogP contribution in [0.15, 0.2) is 85.3 Å². The average Bonchev–Trinajstić information content (AvgIpc) is 2.72. The van der Waals surface area contributed by atoms with E-state index in [0.717, 1.165) is 17.8 Å². The minimum absolute atomic E-state index is 0.260. The molecule has 2 heterocycles. The molecule has 0 amide bonds. The SMILES string of the molecule is C[C@@H](NCc1ccnc(-c2cccnc2)c1)c1cccc2ccccc12. The third kappa shape index (κ3) is 3.48. The summed E-state index contributed by atoms with van der Waals surface area (Å²) in [7, 11) is 0. The van der Waals surface area contributed by atoms with Gasteiger partial charge in [0.25, 0.3) is 0 Å². The summed E-state index contributed by atoms with van der Waals surface area (Å²) in [5.74, 6) is 0. The molecule has 0 aliphatic carbocycles. The highest BCUT2D eigenvalue weighted by molar-refractivity contribution is 5.86. The number of hydrogen-bond acceptors (Lipinski definition) is 3. The number of pyridine rings is 2. The summed E-state index contributed by atoms with van der Waals surface area (Å²) in [5, 5.41) is 6.23. The Morgan fingerprint density at radius 1 is 0.923 bits per heavy atom. The van der Waals surface area contributed by atoms with E-state index in [1.54, 1.807) is 6.20 Å². The Morgan fingerprint density at radius 2 is 1.81 bits per heavy atom. The molecule has 0 bridgehead atoms. The van der Waals surface area contributed by atoms with Crippen molar-refractivity contribution in [3.63, 3.8) is 0 Å². The molecule has 0 fully saturated rings. The first-order valence-electron chi connectivity index (χ1n) is 8.87. The van der Waals surface area contributed by atoms with Crippen LogP contribution in [0, 0.1) is 0 Å². The van der Waals surface area contributed by atoms with Gasteiger partial charge in [0.15, 0.2) is 0 Å². The Morgan fingerprint density at radius 3 is 2.69 bits per heavy atom. The molecule has 2 aromatic heterocycles. The number of fused-ring (bicyclic) bond motifs is 1. The molecule has 0 spiro atoms. The summed E-state index contributed by atoms with van der Waals surface area (Å²) in [6.07, 6.45) is 5.49. The van der Waals surface area contributed by atoms with E-state index in [-0.39, 0.29) is 6.04 Å². The van der Waals surface area contributed by atoms with E-state index in [1.165, 1.54) is 21.9 Å². The van der Waals surface area contributed by atoms with Crippen LogP contribution in [-0.4, -0.2) is 9.97 Å². The van der Waals surface area contributed by atoms with Gasteiger partial charge in [0.1, 0.15) is 0 Å². The van der Waals surface area contributed by atoms with Crippen molar-refractivity contribution in [1.82, 2.24) is 15.3 Å². The van der Waals surface area contributed by atoms with Gasteiger partial charge in [-0.05, 0) is 53.1 Å². The fourth-order valence-corrected chi connectivity index (χ4v) is 3.27. The van der Waals surface area contributed by atoms with Crippen molar-refractivity contribution in [2.45, 2.75) is 19.5 Å². The molecule has 1 atom stereocenters. The van der Waals surface area contributed by atoms with E-state index < -0.39 is 0 Å². The average molecular weight is 339 g/mol. The van der Waals surface area contributed by atoms with Crippen LogP contribution in [0.4, 0.5) is 0 Å². The van der Waals surface area contributed by atoms with Crippen molar-refractivity contribution in [2.75, 3.05) is 0 Å². The van der Waals surface area contributed by atoms with E-state index in [1.807, 2.05) is 24.5 Å². The van der Waals surface area contributed by atoms with Crippen molar-refractivity contribution in [3.05, 3.63) is 96.4 Å². The fraction of sp³-hybridized carbons (Fsp3) is 0.130. The van der Waals surface area contributed by atoms with Crippen molar-refractivity contribution in [3.8, 4) is 11.3 Å². The van der Waals surface area contributed by atoms with Gasteiger partial charge < -0.3 is 5.32 Å². The highest BCUT2D eigenvalue weighted by atomic mass is 14.9. The zero-order valence-corrected chi connectivity index (χ0v) is 14.8. The minimum atomic E-state index is 0.260. The molecule has 4 aromatic rings. The Kier molecular flexibility index (Phi) is 4.71. The number of hydrogen-bond donors (Lipinski definition) is 1. The lowest BCUT2D eigenvalue weighted by Crippen LogP contribution is -2.18. The highest BCUT2D eigenvalue weighted by Crippen LogP contribution is 2.24. The first kappa shape index (κ1) is 16.4. The molecule has 26 heavy (non-hydrogen) atoms. The molecule has 1 N–H and O–H groups in total. The molecule has 0 aliphatic rings. The number of benzene rings is 2. The van der Waals surface area contributed by atoms with Gasteiger partial charge in [-0.3, -0.25) is 9.97 Å². The van der Waals surface area contributed by atoms with Crippen LogP contribution in [0.25, 0.3) is 22.0 Å². The highest BCUT2D eigenvalue weighted by Gasteiger charge is 2.09. The second-order valence-corrected chi connectivity index (χ2v) is 6.46. The minimum Gasteiger partial charge on any atom is -0.306 e. The third-order valence-corrected chi connectivity index (χ3v) is 4.68. The smallest absolute Gasteiger partial charge is 0.0720 e. The molecule has 0 saturated heterocycles. The van der Waals surface area contributed by atoms with Gasteiger partial charge in [-0.1, -0.05) is 42.5 Å². The van der Waals surface area contributed by atoms with E-state index in [0.29, 0.717) is 0 Å². The maximum atomic E-state index is 4.47. The van der Waals surface area contributed by atoms with Crippen LogP contribution in [0.5, 0.6) is 0 Å². The predicted molar refractivity (Wildman–Crippen MR) is 107 cm³/mol. The van der Waals surface area contributed by atoms with Crippen molar-refractivity contribution in [1.29, 1.82) is 0 Å². The summed E-state index contributed by atoms with van der Waals surface area (Å²) in [6.45, 7) is 3.01. The molecular weight excluding hydrogens is 318 g/mol. The molecule has 0 saturated carbocycles. The molecule has 3 heteroatoms. The lowest BCUT2D eigenvalue weighted by molar-refractivity contribution is 0.578. The Bertz CT molecular complexity index is 1010. The Balaban J connectivity index is 1.52. The van der Waals surface area contributed by atoms with E-state index in [4.69, 9.17) is 0 Å². The quantitative estimate of drug-likeness (QED) is 0.546. The van der Waals surface area contributed by atoms with Gasteiger partial charge in [0.2, 0.25) is 0 Å². The van der Waals surface area contributed by atoms with E-state index in [2.05, 4.69) is 76.8 Å². The van der Waals surface area contributed by atoms with Gasteiger partial charge >= 0.3 is 0 Å². The van der Waals surface area contributed by atoms with Crippen LogP contribution in [0.3, 0.4) is 0 Å². The first-order chi connectivity index (χ1) is 12.8. The Labute approximate surface area is 153 Å². The number of rotatable bonds is 5. The van der Waals surface area contributed by atoms with Gasteiger partial charge in [0, 0.05) is 36.7 Å². The molecular formula is C23H21N3. The lowest BCUT2D eigenvalue weighted by Gasteiger charge is -2.17. The van der Waals surface area contributed by atoms with Crippen LogP contribution in [-0.2, 0) is 6.54 Å². The topological polar surface area (TPSA) is 37.8 Å². The van der Waals surface area contributed by atoms with Gasteiger partial charge in [-0.15, -0.1) is 0 Å². The van der Waals surface area contributed by atoms with Crippen LogP contribution < -0.4 is 5.32 Å². The Hall–Kier alpha value is -3.04. The molecule has 3 nitrogen and oxygen atoms in total. The molecule has 4 rings (SSSR count). The molecule has 2 aromatic carbocycles. The summed E-state index contributed by atoms with van der Waals surface area (Å²) >= 11 is 0. The fourth-order valence-electron chi connectivity index (χ4n) is 3.27. The first-order valence-corrected chi connectivity index (χ1v) is 8.87. The largest absolute Gasteiger partial charge is 0.306 e. The van der Waals surface area contributed by atoms with Crippen LogP contribution >= 0.6 is 0 Å². The second kappa shape index (κ2) is 7.46. The number of nitrogens with zero attached hydrogens (tertiary/aromatic N) is 2. The molecule has 0 radical (unpaired) electrons. The van der Waals surface area contributed by atoms with Gasteiger partial charge in [-0.25, -0.2) is 0 Å². The maximum Gasteiger partial charge on any atom is 0.0720 e. The summed E-state index contributed by atoms with van der Waals surface area (Å²) < 4.78 is 0. The zero-order chi connectivity index (χ0) is 17.8. The number of aromatic nitrogens is 2. The number of nitrogens with one attached hydrogen (secondary N) is 1.